The lowest BCUT2D eigenvalue weighted by Gasteiger charge is -1.85. The third-order valence-corrected chi connectivity index (χ3v) is 0. The molecule has 26 valence electrons. The van der Waals surface area contributed by atoms with Crippen molar-refractivity contribution in [2.75, 3.05) is 0 Å². The minimum absolute atomic E-state index is 0. The van der Waals surface area contributed by atoms with E-state index in [1.165, 1.54) is 0 Å². The van der Waals surface area contributed by atoms with Crippen LogP contribution in [-0.4, -0.2) is 0 Å². The SMILES string of the molecule is [H+].[O-][Br+2]([O-])[O-]. The van der Waals surface area contributed by atoms with Crippen LogP contribution in [0.2, 0.25) is 0 Å². The number of halogens is 1. The number of rotatable bonds is 0. The van der Waals surface area contributed by atoms with E-state index in [4.69, 9.17) is 12.6 Å². The van der Waals surface area contributed by atoms with E-state index in [0.29, 0.717) is 0 Å². The second kappa shape index (κ2) is 1.66. The summed E-state index contributed by atoms with van der Waals surface area (Å²) in [7, 11) is 0. The average Bonchev–Trinajstić information content (AvgIpc) is 0.811. The second-order valence-electron chi connectivity index (χ2n) is 0.189. The highest BCUT2D eigenvalue weighted by atomic mass is 80.0. The summed E-state index contributed by atoms with van der Waals surface area (Å²) in [5.74, 6) is 0. The van der Waals surface area contributed by atoms with Gasteiger partial charge in [0.15, 0.2) is 0 Å². The van der Waals surface area contributed by atoms with Gasteiger partial charge in [-0.2, -0.15) is 0 Å². The van der Waals surface area contributed by atoms with E-state index in [-0.39, 0.29) is 1.43 Å². The van der Waals surface area contributed by atoms with Gasteiger partial charge in [-0.15, -0.1) is 0 Å². The summed E-state index contributed by atoms with van der Waals surface area (Å²) in [6.07, 6.45) is 0. The molecule has 0 saturated carbocycles. The monoisotopic (exact) mass is 128 g/mol. The van der Waals surface area contributed by atoms with Gasteiger partial charge in [-0.25, -0.2) is 0 Å². The largest absolute Gasteiger partial charge is 1.00 e. The van der Waals surface area contributed by atoms with Gasteiger partial charge in [-0.3, -0.25) is 0 Å². The lowest BCUT2D eigenvalue weighted by Crippen LogP contribution is -2.42. The van der Waals surface area contributed by atoms with E-state index < -0.39 is 14.8 Å². The van der Waals surface area contributed by atoms with Crippen LogP contribution >= 0.6 is 0 Å². The molecule has 0 N–H and O–H groups in total. The second-order valence-corrected chi connectivity index (χ2v) is 0.982. The van der Waals surface area contributed by atoms with Crippen molar-refractivity contribution >= 4 is 0 Å². The molecule has 4 heavy (non-hydrogen) atoms. The van der Waals surface area contributed by atoms with Crippen LogP contribution in [0.25, 0.3) is 0 Å². The van der Waals surface area contributed by atoms with Gasteiger partial charge in [0.1, 0.15) is 0 Å². The Hall–Kier alpha value is 0.360. The quantitative estimate of drug-likeness (QED) is 0.341. The molecule has 3 nitrogen and oxygen atoms in total. The molecule has 0 spiro atoms. The average molecular weight is 129 g/mol. The molecule has 0 amide bonds. The molecule has 4 heteroatoms. The fourth-order valence-corrected chi connectivity index (χ4v) is 0. The normalized spacial score (nSPS) is 9.00. The molecule has 0 aliphatic carbocycles. The molecule has 0 aliphatic heterocycles. The third kappa shape index (κ3) is 33.7. The van der Waals surface area contributed by atoms with Crippen molar-refractivity contribution < 1.29 is 28.8 Å². The summed E-state index contributed by atoms with van der Waals surface area (Å²) in [4.78, 5) is 0. The van der Waals surface area contributed by atoms with Crippen LogP contribution in [0, 0.1) is 14.8 Å². The smallest absolute Gasteiger partial charge is 0.405 e. The summed E-state index contributed by atoms with van der Waals surface area (Å²) in [5.41, 5.74) is 0. The predicted octanol–water partition coefficient (Wildman–Crippen LogP) is -3.45. The van der Waals surface area contributed by atoms with E-state index in [1.54, 1.807) is 0 Å². The van der Waals surface area contributed by atoms with Crippen LogP contribution in [0.15, 0.2) is 0 Å². The Balaban J connectivity index is 0. The van der Waals surface area contributed by atoms with Gasteiger partial charge in [0.25, 0.3) is 0 Å². The summed E-state index contributed by atoms with van der Waals surface area (Å²) < 4.78 is 25.6. The van der Waals surface area contributed by atoms with Crippen LogP contribution in [0.1, 0.15) is 1.43 Å². The summed E-state index contributed by atoms with van der Waals surface area (Å²) in [5, 5.41) is 0. The first-order chi connectivity index (χ1) is 1.73. The van der Waals surface area contributed by atoms with Crippen molar-refractivity contribution in [3.05, 3.63) is 0 Å². The molecular formula is HBrO3. The molecule has 0 bridgehead atoms. The van der Waals surface area contributed by atoms with Crippen LogP contribution < -0.4 is 12.6 Å². The van der Waals surface area contributed by atoms with Crippen molar-refractivity contribution in [1.82, 2.24) is 0 Å². The maximum absolute atomic E-state index is 8.52. The molecule has 0 aromatic carbocycles. The van der Waals surface area contributed by atoms with E-state index in [2.05, 4.69) is 0 Å². The highest BCUT2D eigenvalue weighted by Crippen LogP contribution is 1.24. The first-order valence-corrected chi connectivity index (χ1v) is 2.41. The molecule has 0 atom stereocenters. The Morgan fingerprint density at radius 3 is 1.25 bits per heavy atom. The van der Waals surface area contributed by atoms with Gasteiger partial charge in [-0.05, 0) is 0 Å². The van der Waals surface area contributed by atoms with E-state index in [1.807, 2.05) is 0 Å². The van der Waals surface area contributed by atoms with Crippen molar-refractivity contribution in [2.45, 2.75) is 0 Å². The number of hydrogen-bond donors (Lipinski definition) is 0. The van der Waals surface area contributed by atoms with Gasteiger partial charge in [0.05, 0.1) is 0 Å². The standard InChI is InChI=1S/BrO3/c2-1(3)4/q-1/p+1. The Morgan fingerprint density at radius 1 is 1.25 bits per heavy atom. The molecule has 0 aromatic rings. The summed E-state index contributed by atoms with van der Waals surface area (Å²) >= 11 is -3.65. The maximum Gasteiger partial charge on any atom is 1.00 e. The molecular weight excluding hydrogens is 128 g/mol. The lowest BCUT2D eigenvalue weighted by atomic mass is 16.0. The Morgan fingerprint density at radius 2 is 1.25 bits per heavy atom. The highest BCUT2D eigenvalue weighted by molar-refractivity contribution is 1.73. The molecule has 0 aromatic heterocycles. The molecule has 0 fully saturated rings. The molecule has 0 unspecified atom stereocenters. The number of hydrogen-bond acceptors (Lipinski definition) is 3. The van der Waals surface area contributed by atoms with Gasteiger partial charge >= 0.3 is 1.43 Å². The van der Waals surface area contributed by atoms with Crippen LogP contribution in [-0.2, 0) is 0 Å². The topological polar surface area (TPSA) is 69.2 Å². The fourth-order valence-electron chi connectivity index (χ4n) is 0. The first-order valence-electron chi connectivity index (χ1n) is 0.463. The minimum Gasteiger partial charge on any atom is -0.405 e. The fraction of sp³-hybridized carbons (Fsp3) is 0. The van der Waals surface area contributed by atoms with E-state index in [9.17, 15) is 0 Å². The summed E-state index contributed by atoms with van der Waals surface area (Å²) in [6.45, 7) is 0. The predicted molar refractivity (Wildman–Crippen MR) is 1.11 cm³/mol. The zero-order valence-electron chi connectivity index (χ0n) is 2.60. The minimum atomic E-state index is -3.65. The van der Waals surface area contributed by atoms with Crippen LogP contribution in [0.4, 0.5) is 0 Å². The first kappa shape index (κ1) is 4.36. The summed E-state index contributed by atoms with van der Waals surface area (Å²) in [6, 6.07) is 0. The van der Waals surface area contributed by atoms with E-state index in [0.717, 1.165) is 0 Å². The Bertz CT molecular complexity index is 11.6. The molecule has 0 heterocycles. The van der Waals surface area contributed by atoms with Gasteiger partial charge < -0.3 is 12.6 Å². The van der Waals surface area contributed by atoms with Crippen molar-refractivity contribution in [2.24, 2.45) is 0 Å². The maximum atomic E-state index is 8.52. The molecule has 0 radical (unpaired) electrons. The van der Waals surface area contributed by atoms with Crippen molar-refractivity contribution in [3.8, 4) is 0 Å². The molecule has 0 aliphatic rings. The Labute approximate surface area is 29.8 Å². The lowest BCUT2D eigenvalue weighted by molar-refractivity contribution is -1.73. The third-order valence-electron chi connectivity index (χ3n) is 0. The Kier molecular flexibility index (Phi) is 1.81. The highest BCUT2D eigenvalue weighted by Gasteiger charge is 1.67. The van der Waals surface area contributed by atoms with Crippen molar-refractivity contribution in [1.29, 1.82) is 0 Å². The zero-order valence-corrected chi connectivity index (χ0v) is 3.19. The van der Waals surface area contributed by atoms with Crippen LogP contribution in [0.5, 0.6) is 0 Å². The van der Waals surface area contributed by atoms with Crippen LogP contribution in [0.3, 0.4) is 0 Å². The molecule has 0 rings (SSSR count). The van der Waals surface area contributed by atoms with Gasteiger partial charge in [0, 0.05) is 0 Å². The molecule has 0 saturated heterocycles. The van der Waals surface area contributed by atoms with E-state index >= 15 is 0 Å². The van der Waals surface area contributed by atoms with Gasteiger partial charge in [-0.1, -0.05) is 0 Å². The van der Waals surface area contributed by atoms with Gasteiger partial charge in [0.2, 0.25) is 14.8 Å². The zero-order chi connectivity index (χ0) is 3.58. The van der Waals surface area contributed by atoms with Crippen molar-refractivity contribution in [3.63, 3.8) is 0 Å².